The van der Waals surface area contributed by atoms with Crippen molar-refractivity contribution in [2.75, 3.05) is 6.54 Å². The second-order valence-corrected chi connectivity index (χ2v) is 7.03. The first-order chi connectivity index (χ1) is 9.70. The first-order valence-electron chi connectivity index (χ1n) is 7.79. The van der Waals surface area contributed by atoms with Gasteiger partial charge in [0.15, 0.2) is 0 Å². The zero-order chi connectivity index (χ0) is 14.1. The van der Waals surface area contributed by atoms with E-state index in [0.717, 1.165) is 18.9 Å². The molecule has 1 aromatic heterocycles. The van der Waals surface area contributed by atoms with Gasteiger partial charge in [0.05, 0.1) is 6.04 Å². The van der Waals surface area contributed by atoms with Gasteiger partial charge in [-0.2, -0.15) is 11.3 Å². The summed E-state index contributed by atoms with van der Waals surface area (Å²) in [5.74, 6) is 1.57. The quantitative estimate of drug-likeness (QED) is 0.871. The molecule has 20 heavy (non-hydrogen) atoms. The minimum atomic E-state index is -0.0101. The molecule has 0 bridgehead atoms. The predicted molar refractivity (Wildman–Crippen MR) is 82.5 cm³/mol. The lowest BCUT2D eigenvalue weighted by Gasteiger charge is -2.23. The Morgan fingerprint density at radius 2 is 2.30 bits per heavy atom. The van der Waals surface area contributed by atoms with Crippen LogP contribution in [0.1, 0.15) is 51.3 Å². The molecule has 1 aliphatic heterocycles. The van der Waals surface area contributed by atoms with Crippen LogP contribution in [0, 0.1) is 11.8 Å². The molecule has 2 aliphatic rings. The van der Waals surface area contributed by atoms with Gasteiger partial charge in [0.25, 0.3) is 0 Å². The average Bonchev–Trinajstić information content (AvgIpc) is 3.00. The molecule has 0 aromatic carbocycles. The second-order valence-electron chi connectivity index (χ2n) is 6.25. The van der Waals surface area contributed by atoms with Crippen molar-refractivity contribution in [3.63, 3.8) is 0 Å². The largest absolute Gasteiger partial charge is 0.322 e. The van der Waals surface area contributed by atoms with E-state index in [1.54, 1.807) is 11.3 Å². The van der Waals surface area contributed by atoms with Crippen LogP contribution in [0.5, 0.6) is 0 Å². The lowest BCUT2D eigenvalue weighted by Crippen LogP contribution is -2.36. The minimum Gasteiger partial charge on any atom is -0.322 e. The summed E-state index contributed by atoms with van der Waals surface area (Å²) in [7, 11) is 0. The minimum absolute atomic E-state index is 0.0101. The average molecular weight is 292 g/mol. The molecule has 3 rings (SSSR count). The van der Waals surface area contributed by atoms with Crippen LogP contribution in [0.4, 0.5) is 0 Å². The molecule has 1 aromatic rings. The van der Waals surface area contributed by atoms with E-state index in [4.69, 9.17) is 0 Å². The van der Waals surface area contributed by atoms with Crippen molar-refractivity contribution in [1.29, 1.82) is 0 Å². The second kappa shape index (κ2) is 5.86. The fourth-order valence-electron chi connectivity index (χ4n) is 2.95. The fraction of sp³-hybridized carbons (Fsp3) is 0.688. The Morgan fingerprint density at radius 3 is 2.90 bits per heavy atom. The zero-order valence-corrected chi connectivity index (χ0v) is 13.2. The van der Waals surface area contributed by atoms with E-state index in [9.17, 15) is 4.79 Å². The van der Waals surface area contributed by atoms with Gasteiger partial charge in [-0.3, -0.25) is 10.1 Å². The first-order valence-corrected chi connectivity index (χ1v) is 8.73. The van der Waals surface area contributed by atoms with Gasteiger partial charge in [0.2, 0.25) is 5.91 Å². The van der Waals surface area contributed by atoms with Crippen LogP contribution < -0.4 is 5.32 Å². The maximum absolute atomic E-state index is 12.7. The number of thiophene rings is 1. The standard InChI is InChI=1S/C16H24N2OS/c1-3-11(2)14-16(19)18(8-6-12-4-5-12)15(17-14)13-7-9-20-10-13/h7,9-12,14-15,17H,3-6,8H2,1-2H3. The number of nitrogens with one attached hydrogen (secondary N) is 1. The predicted octanol–water partition coefficient (Wildman–Crippen LogP) is 3.39. The molecule has 0 radical (unpaired) electrons. The van der Waals surface area contributed by atoms with Crippen LogP contribution in [-0.4, -0.2) is 23.4 Å². The van der Waals surface area contributed by atoms with E-state index < -0.39 is 0 Å². The highest BCUT2D eigenvalue weighted by molar-refractivity contribution is 7.07. The van der Waals surface area contributed by atoms with Gasteiger partial charge in [-0.1, -0.05) is 33.1 Å². The molecule has 4 heteroatoms. The molecule has 1 saturated heterocycles. The lowest BCUT2D eigenvalue weighted by atomic mass is 9.99. The highest BCUT2D eigenvalue weighted by Gasteiger charge is 2.42. The molecule has 1 amide bonds. The summed E-state index contributed by atoms with van der Waals surface area (Å²) in [5.41, 5.74) is 1.24. The summed E-state index contributed by atoms with van der Waals surface area (Å²) < 4.78 is 0. The number of carbonyl (C=O) groups excluding carboxylic acids is 1. The Balaban J connectivity index is 1.75. The fourth-order valence-corrected chi connectivity index (χ4v) is 3.63. The Hall–Kier alpha value is -0.870. The Morgan fingerprint density at radius 1 is 1.50 bits per heavy atom. The number of rotatable bonds is 6. The number of nitrogens with zero attached hydrogens (tertiary/aromatic N) is 1. The summed E-state index contributed by atoms with van der Waals surface area (Å²) in [6.45, 7) is 5.24. The monoisotopic (exact) mass is 292 g/mol. The highest BCUT2D eigenvalue weighted by atomic mass is 32.1. The molecule has 3 atom stereocenters. The van der Waals surface area contributed by atoms with Crippen molar-refractivity contribution in [3.05, 3.63) is 22.4 Å². The zero-order valence-electron chi connectivity index (χ0n) is 12.3. The summed E-state index contributed by atoms with van der Waals surface area (Å²) >= 11 is 1.70. The number of hydrogen-bond donors (Lipinski definition) is 1. The van der Waals surface area contributed by atoms with Gasteiger partial charge in [0.1, 0.15) is 6.17 Å². The summed E-state index contributed by atoms with van der Waals surface area (Å²) in [5, 5.41) is 7.83. The Labute approximate surface area is 125 Å². The van der Waals surface area contributed by atoms with Crippen molar-refractivity contribution in [2.24, 2.45) is 11.8 Å². The molecule has 3 unspecified atom stereocenters. The van der Waals surface area contributed by atoms with Crippen LogP contribution in [0.15, 0.2) is 16.8 Å². The topological polar surface area (TPSA) is 32.3 Å². The third kappa shape index (κ3) is 2.77. The van der Waals surface area contributed by atoms with Crippen LogP contribution in [0.2, 0.25) is 0 Å². The van der Waals surface area contributed by atoms with Gasteiger partial charge in [-0.05, 0) is 40.6 Å². The first kappa shape index (κ1) is 14.1. The molecule has 2 heterocycles. The molecule has 0 spiro atoms. The summed E-state index contributed by atoms with van der Waals surface area (Å²) in [4.78, 5) is 14.8. The van der Waals surface area contributed by atoms with Crippen LogP contribution in [-0.2, 0) is 4.79 Å². The van der Waals surface area contributed by atoms with Gasteiger partial charge >= 0.3 is 0 Å². The molecular formula is C16H24N2OS. The third-order valence-electron chi connectivity index (χ3n) is 4.75. The molecular weight excluding hydrogens is 268 g/mol. The van der Waals surface area contributed by atoms with Crippen LogP contribution >= 0.6 is 11.3 Å². The maximum Gasteiger partial charge on any atom is 0.241 e. The van der Waals surface area contributed by atoms with Crippen molar-refractivity contribution in [3.8, 4) is 0 Å². The summed E-state index contributed by atoms with van der Waals surface area (Å²) in [6, 6.07) is 2.13. The van der Waals surface area contributed by atoms with Gasteiger partial charge in [-0.15, -0.1) is 0 Å². The van der Waals surface area contributed by atoms with E-state index in [1.165, 1.54) is 24.8 Å². The van der Waals surface area contributed by atoms with Crippen molar-refractivity contribution in [2.45, 2.75) is 51.7 Å². The SMILES string of the molecule is CCC(C)C1NC(c2ccsc2)N(CCC2CC2)C1=O. The van der Waals surface area contributed by atoms with Crippen molar-refractivity contribution < 1.29 is 4.79 Å². The number of amides is 1. The van der Waals surface area contributed by atoms with Gasteiger partial charge in [0, 0.05) is 6.54 Å². The Bertz CT molecular complexity index is 455. The lowest BCUT2D eigenvalue weighted by molar-refractivity contribution is -0.131. The molecule has 1 aliphatic carbocycles. The maximum atomic E-state index is 12.7. The van der Waals surface area contributed by atoms with Crippen molar-refractivity contribution >= 4 is 17.2 Å². The molecule has 110 valence electrons. The smallest absolute Gasteiger partial charge is 0.241 e. The normalized spacial score (nSPS) is 28.1. The van der Waals surface area contributed by atoms with Gasteiger partial charge < -0.3 is 4.90 Å². The molecule has 1 saturated carbocycles. The highest BCUT2D eigenvalue weighted by Crippen LogP contribution is 2.35. The van der Waals surface area contributed by atoms with Crippen molar-refractivity contribution in [1.82, 2.24) is 10.2 Å². The number of carbonyl (C=O) groups is 1. The molecule has 1 N–H and O–H groups in total. The third-order valence-corrected chi connectivity index (χ3v) is 5.45. The van der Waals surface area contributed by atoms with Crippen LogP contribution in [0.25, 0.3) is 0 Å². The van der Waals surface area contributed by atoms with E-state index in [2.05, 4.69) is 40.9 Å². The van der Waals surface area contributed by atoms with E-state index in [1.807, 2.05) is 0 Å². The Kier molecular flexibility index (Phi) is 4.13. The summed E-state index contributed by atoms with van der Waals surface area (Å²) in [6.07, 6.45) is 5.00. The molecule has 2 fully saturated rings. The number of hydrogen-bond acceptors (Lipinski definition) is 3. The van der Waals surface area contributed by atoms with E-state index >= 15 is 0 Å². The van der Waals surface area contributed by atoms with Crippen LogP contribution in [0.3, 0.4) is 0 Å². The van der Waals surface area contributed by atoms with E-state index in [0.29, 0.717) is 11.8 Å². The van der Waals surface area contributed by atoms with E-state index in [-0.39, 0.29) is 12.2 Å². The molecule has 3 nitrogen and oxygen atoms in total. The van der Waals surface area contributed by atoms with Gasteiger partial charge in [-0.25, -0.2) is 0 Å².